The summed E-state index contributed by atoms with van der Waals surface area (Å²) in [5.41, 5.74) is 2.30. The van der Waals surface area contributed by atoms with E-state index in [0.29, 0.717) is 30.6 Å². The van der Waals surface area contributed by atoms with Gasteiger partial charge < -0.3 is 19.9 Å². The lowest BCUT2D eigenvalue weighted by atomic mass is 10.0. The van der Waals surface area contributed by atoms with E-state index in [1.165, 1.54) is 11.0 Å². The lowest BCUT2D eigenvalue weighted by Gasteiger charge is -2.27. The van der Waals surface area contributed by atoms with Crippen LogP contribution in [-0.2, 0) is 27.6 Å². The number of fused-ring (bicyclic) bond motifs is 3. The maximum absolute atomic E-state index is 14.6. The van der Waals surface area contributed by atoms with Crippen LogP contribution in [0, 0.1) is 5.82 Å². The van der Waals surface area contributed by atoms with Crippen molar-refractivity contribution >= 4 is 43.9 Å². The van der Waals surface area contributed by atoms with Crippen molar-refractivity contribution in [2.24, 2.45) is 0 Å². The lowest BCUT2D eigenvalue weighted by molar-refractivity contribution is -0.135. The number of sulfone groups is 1. The minimum Gasteiger partial charge on any atom is -0.387 e. The second-order valence-corrected chi connectivity index (χ2v) is 9.15. The number of aromatic nitrogens is 1. The largest absolute Gasteiger partial charge is 0.387 e. The van der Waals surface area contributed by atoms with E-state index in [2.05, 4.69) is 4.98 Å². The Morgan fingerprint density at radius 3 is 2.81 bits per heavy atom. The van der Waals surface area contributed by atoms with Crippen LogP contribution in [0.4, 0.5) is 10.1 Å². The van der Waals surface area contributed by atoms with Crippen LogP contribution in [-0.4, -0.2) is 60.6 Å². The molecular formula is C16H17ClFN3O4S. The summed E-state index contributed by atoms with van der Waals surface area (Å²) in [6.45, 7) is 0.360. The van der Waals surface area contributed by atoms with Gasteiger partial charge in [0.15, 0.2) is 15.7 Å². The van der Waals surface area contributed by atoms with Gasteiger partial charge in [-0.1, -0.05) is 11.6 Å². The predicted octanol–water partition coefficient (Wildman–Crippen LogP) is 1.03. The molecule has 2 aliphatic rings. The zero-order valence-electron chi connectivity index (χ0n) is 13.8. The van der Waals surface area contributed by atoms with Crippen LogP contribution in [0.2, 0.25) is 5.02 Å². The highest BCUT2D eigenvalue weighted by Crippen LogP contribution is 2.40. The van der Waals surface area contributed by atoms with Crippen molar-refractivity contribution in [2.45, 2.75) is 13.0 Å². The van der Waals surface area contributed by atoms with E-state index in [1.54, 1.807) is 4.90 Å². The third-order valence-corrected chi connectivity index (χ3v) is 6.76. The molecule has 0 bridgehead atoms. The molecule has 2 aliphatic heterocycles. The quantitative estimate of drug-likeness (QED) is 0.784. The third-order valence-electron chi connectivity index (χ3n) is 4.97. The van der Waals surface area contributed by atoms with Crippen LogP contribution in [0.15, 0.2) is 6.07 Å². The van der Waals surface area contributed by atoms with E-state index in [1.807, 2.05) is 0 Å². The molecule has 0 unspecified atom stereocenters. The minimum atomic E-state index is -3.19. The number of rotatable bonds is 2. The fourth-order valence-corrected chi connectivity index (χ4v) is 5.25. The standard InChI is InChI=1S/C16H17ClFN3O4S/c17-10-5-12(21-3-4-26(24,25)8-21)14-9-6-20(13(23)7-22)2-1-11(9)19-16(14)15(10)18/h5,19,22H,1-4,6-8H2. The van der Waals surface area contributed by atoms with Gasteiger partial charge in [-0.05, 0) is 6.07 Å². The van der Waals surface area contributed by atoms with Crippen LogP contribution in [0.1, 0.15) is 11.3 Å². The van der Waals surface area contributed by atoms with Crippen molar-refractivity contribution < 1.29 is 22.7 Å². The summed E-state index contributed by atoms with van der Waals surface area (Å²) in [6, 6.07) is 1.45. The van der Waals surface area contributed by atoms with Gasteiger partial charge in [-0.15, -0.1) is 0 Å². The summed E-state index contributed by atoms with van der Waals surface area (Å²) in [5.74, 6) is -1.11. The van der Waals surface area contributed by atoms with Crippen molar-refractivity contribution in [1.82, 2.24) is 9.88 Å². The van der Waals surface area contributed by atoms with Gasteiger partial charge in [0.25, 0.3) is 0 Å². The average molecular weight is 402 g/mol. The highest BCUT2D eigenvalue weighted by Gasteiger charge is 2.32. The molecule has 1 saturated heterocycles. The summed E-state index contributed by atoms with van der Waals surface area (Å²) in [7, 11) is -3.19. The number of hydrogen-bond acceptors (Lipinski definition) is 5. The van der Waals surface area contributed by atoms with E-state index >= 15 is 0 Å². The first-order valence-electron chi connectivity index (χ1n) is 8.16. The van der Waals surface area contributed by atoms with Gasteiger partial charge in [0.2, 0.25) is 5.91 Å². The number of carbonyl (C=O) groups excluding carboxylic acids is 1. The Hall–Kier alpha value is -1.84. The van der Waals surface area contributed by atoms with E-state index in [4.69, 9.17) is 16.7 Å². The van der Waals surface area contributed by atoms with E-state index in [0.717, 1.165) is 11.3 Å². The van der Waals surface area contributed by atoms with Crippen molar-refractivity contribution in [2.75, 3.05) is 36.2 Å². The number of benzene rings is 1. The molecule has 0 radical (unpaired) electrons. The van der Waals surface area contributed by atoms with E-state index in [-0.39, 0.29) is 28.7 Å². The SMILES string of the molecule is O=C(CO)N1CCc2[nH]c3c(F)c(Cl)cc(N4CCS(=O)(=O)C4)c3c2C1. The Bertz CT molecular complexity index is 1020. The molecule has 0 aliphatic carbocycles. The summed E-state index contributed by atoms with van der Waals surface area (Å²) in [4.78, 5) is 18.1. The number of amides is 1. The molecule has 0 atom stereocenters. The normalized spacial score (nSPS) is 19.2. The molecule has 4 rings (SSSR count). The van der Waals surface area contributed by atoms with E-state index < -0.39 is 28.2 Å². The topological polar surface area (TPSA) is 93.7 Å². The van der Waals surface area contributed by atoms with Gasteiger partial charge in [0.05, 0.1) is 16.3 Å². The molecule has 140 valence electrons. The fraction of sp³-hybridized carbons (Fsp3) is 0.438. The number of aromatic amines is 1. The second kappa shape index (κ2) is 6.11. The maximum atomic E-state index is 14.6. The lowest BCUT2D eigenvalue weighted by Crippen LogP contribution is -2.37. The number of aliphatic hydroxyl groups excluding tert-OH is 1. The molecule has 0 spiro atoms. The zero-order valence-corrected chi connectivity index (χ0v) is 15.3. The second-order valence-electron chi connectivity index (χ2n) is 6.59. The van der Waals surface area contributed by atoms with Crippen LogP contribution in [0.25, 0.3) is 10.9 Å². The Labute approximate surface area is 154 Å². The van der Waals surface area contributed by atoms with Gasteiger partial charge >= 0.3 is 0 Å². The molecule has 1 aromatic carbocycles. The number of aliphatic hydroxyl groups is 1. The smallest absolute Gasteiger partial charge is 0.248 e. The minimum absolute atomic E-state index is 0.0330. The average Bonchev–Trinajstić information content (AvgIpc) is 3.17. The monoisotopic (exact) mass is 401 g/mol. The van der Waals surface area contributed by atoms with Gasteiger partial charge in [0, 0.05) is 48.4 Å². The van der Waals surface area contributed by atoms with Gasteiger partial charge in [0.1, 0.15) is 12.5 Å². The number of nitrogens with one attached hydrogen (secondary N) is 1. The highest BCUT2D eigenvalue weighted by atomic mass is 35.5. The molecule has 7 nitrogen and oxygen atoms in total. The summed E-state index contributed by atoms with van der Waals surface area (Å²) in [6.07, 6.45) is 0.491. The Kier molecular flexibility index (Phi) is 4.13. The van der Waals surface area contributed by atoms with Crippen molar-refractivity contribution in [1.29, 1.82) is 0 Å². The van der Waals surface area contributed by atoms with Crippen LogP contribution in [0.3, 0.4) is 0 Å². The third kappa shape index (κ3) is 2.74. The van der Waals surface area contributed by atoms with Crippen LogP contribution < -0.4 is 4.90 Å². The molecule has 3 heterocycles. The number of H-pyrrole nitrogens is 1. The van der Waals surface area contributed by atoms with Crippen molar-refractivity contribution in [3.05, 3.63) is 28.2 Å². The molecule has 2 N–H and O–H groups in total. The highest BCUT2D eigenvalue weighted by molar-refractivity contribution is 7.91. The maximum Gasteiger partial charge on any atom is 0.248 e. The number of halogens is 2. The summed E-state index contributed by atoms with van der Waals surface area (Å²) >= 11 is 6.04. The number of carbonyl (C=O) groups is 1. The van der Waals surface area contributed by atoms with Crippen LogP contribution in [0.5, 0.6) is 0 Å². The fourth-order valence-electron chi connectivity index (χ4n) is 3.69. The number of anilines is 1. The van der Waals surface area contributed by atoms with Crippen LogP contribution >= 0.6 is 11.6 Å². The summed E-state index contributed by atoms with van der Waals surface area (Å²) < 4.78 is 38.3. The molecule has 26 heavy (non-hydrogen) atoms. The van der Waals surface area contributed by atoms with Gasteiger partial charge in [-0.25, -0.2) is 12.8 Å². The van der Waals surface area contributed by atoms with Gasteiger partial charge in [-0.2, -0.15) is 0 Å². The summed E-state index contributed by atoms with van der Waals surface area (Å²) in [5, 5.41) is 9.58. The number of hydrogen-bond donors (Lipinski definition) is 2. The number of nitrogens with zero attached hydrogens (tertiary/aromatic N) is 2. The Morgan fingerprint density at radius 1 is 1.38 bits per heavy atom. The molecule has 0 saturated carbocycles. The first kappa shape index (κ1) is 17.6. The Morgan fingerprint density at radius 2 is 2.15 bits per heavy atom. The molecule has 1 aromatic heterocycles. The molecule has 1 fully saturated rings. The molecule has 1 amide bonds. The van der Waals surface area contributed by atoms with Gasteiger partial charge in [-0.3, -0.25) is 4.79 Å². The first-order valence-corrected chi connectivity index (χ1v) is 10.4. The molecule has 2 aromatic rings. The Balaban J connectivity index is 1.89. The van der Waals surface area contributed by atoms with E-state index in [9.17, 15) is 17.6 Å². The zero-order chi connectivity index (χ0) is 18.6. The molecule has 10 heteroatoms. The molecular weight excluding hydrogens is 385 g/mol. The van der Waals surface area contributed by atoms with Crippen molar-refractivity contribution in [3.8, 4) is 0 Å². The van der Waals surface area contributed by atoms with Crippen molar-refractivity contribution in [3.63, 3.8) is 0 Å². The predicted molar refractivity (Wildman–Crippen MR) is 95.5 cm³/mol. The first-order chi connectivity index (χ1) is 12.3.